The Morgan fingerprint density at radius 3 is 2.52 bits per heavy atom. The molecule has 1 heterocycles. The Hall–Kier alpha value is -2.17. The van der Waals surface area contributed by atoms with E-state index in [1.807, 2.05) is 18.2 Å². The van der Waals surface area contributed by atoms with Crippen molar-refractivity contribution in [1.82, 2.24) is 5.32 Å². The average Bonchev–Trinajstić information content (AvgIpc) is 2.71. The van der Waals surface area contributed by atoms with Gasteiger partial charge in [0, 0.05) is 25.2 Å². The minimum atomic E-state index is -0.0532. The van der Waals surface area contributed by atoms with Gasteiger partial charge in [-0.1, -0.05) is 54.6 Å². The van der Waals surface area contributed by atoms with Crippen LogP contribution in [0.5, 0.6) is 0 Å². The second kappa shape index (κ2) is 9.67. The predicted octanol–water partition coefficient (Wildman–Crippen LogP) is 3.42. The number of aryl methyl sites for hydroxylation is 1. The van der Waals surface area contributed by atoms with Crippen molar-refractivity contribution in [3.8, 4) is 0 Å². The summed E-state index contributed by atoms with van der Waals surface area (Å²) in [6, 6.07) is 18.6. The van der Waals surface area contributed by atoms with E-state index < -0.39 is 0 Å². The van der Waals surface area contributed by atoms with Crippen LogP contribution < -0.4 is 5.32 Å². The number of carbonyl (C=O) groups is 1. The second-order valence-corrected chi connectivity index (χ2v) is 7.27. The van der Waals surface area contributed by atoms with Gasteiger partial charge in [0.25, 0.3) is 0 Å². The molecule has 0 atom stereocenters. The van der Waals surface area contributed by atoms with E-state index in [9.17, 15) is 4.79 Å². The van der Waals surface area contributed by atoms with Crippen molar-refractivity contribution in [2.75, 3.05) is 33.0 Å². The number of ether oxygens (including phenoxy) is 2. The van der Waals surface area contributed by atoms with Crippen LogP contribution in [0.4, 0.5) is 0 Å². The molecule has 1 amide bonds. The third kappa shape index (κ3) is 5.41. The van der Waals surface area contributed by atoms with Gasteiger partial charge in [-0.2, -0.15) is 0 Å². The molecule has 0 spiro atoms. The molecule has 0 bridgehead atoms. The Bertz CT molecular complexity index is 723. The van der Waals surface area contributed by atoms with Crippen LogP contribution in [-0.4, -0.2) is 38.9 Å². The lowest BCUT2D eigenvalue weighted by Gasteiger charge is -2.39. The van der Waals surface area contributed by atoms with Gasteiger partial charge in [0.05, 0.1) is 6.61 Å². The molecule has 144 valence electrons. The summed E-state index contributed by atoms with van der Waals surface area (Å²) in [6.07, 6.45) is 2.67. The van der Waals surface area contributed by atoms with Crippen molar-refractivity contribution in [3.05, 3.63) is 71.3 Å². The maximum absolute atomic E-state index is 12.3. The molecule has 0 radical (unpaired) electrons. The van der Waals surface area contributed by atoms with Crippen LogP contribution >= 0.6 is 0 Å². The maximum atomic E-state index is 12.3. The molecule has 1 fully saturated rings. The van der Waals surface area contributed by atoms with Crippen molar-refractivity contribution in [3.63, 3.8) is 0 Å². The molecule has 27 heavy (non-hydrogen) atoms. The van der Waals surface area contributed by atoms with Crippen molar-refractivity contribution >= 4 is 5.91 Å². The molecule has 1 N–H and O–H groups in total. The fourth-order valence-corrected chi connectivity index (χ4v) is 3.79. The first-order valence-corrected chi connectivity index (χ1v) is 9.72. The van der Waals surface area contributed by atoms with Crippen LogP contribution in [0.2, 0.25) is 0 Å². The summed E-state index contributed by atoms with van der Waals surface area (Å²) in [5.74, 6) is -0.0532. The Balaban J connectivity index is 1.50. The van der Waals surface area contributed by atoms with Crippen molar-refractivity contribution < 1.29 is 14.3 Å². The number of carbonyl (C=O) groups excluding carboxylic acids is 1. The Labute approximate surface area is 161 Å². The van der Waals surface area contributed by atoms with E-state index in [4.69, 9.17) is 9.47 Å². The monoisotopic (exact) mass is 367 g/mol. The van der Waals surface area contributed by atoms with Crippen LogP contribution in [0.1, 0.15) is 29.5 Å². The van der Waals surface area contributed by atoms with Gasteiger partial charge < -0.3 is 14.8 Å². The lowest BCUT2D eigenvalue weighted by Crippen LogP contribution is -2.45. The van der Waals surface area contributed by atoms with Gasteiger partial charge >= 0.3 is 0 Å². The fourth-order valence-electron chi connectivity index (χ4n) is 3.79. The average molecular weight is 367 g/mol. The number of hydrogen-bond donors (Lipinski definition) is 1. The molecular weight excluding hydrogens is 338 g/mol. The predicted molar refractivity (Wildman–Crippen MR) is 107 cm³/mol. The summed E-state index contributed by atoms with van der Waals surface area (Å²) in [5, 5.41) is 3.10. The van der Waals surface area contributed by atoms with E-state index in [1.165, 1.54) is 16.7 Å². The number of rotatable bonds is 8. The molecule has 0 saturated carbocycles. The van der Waals surface area contributed by atoms with Gasteiger partial charge in [0.2, 0.25) is 5.91 Å². The maximum Gasteiger partial charge on any atom is 0.246 e. The van der Waals surface area contributed by atoms with Gasteiger partial charge in [0.1, 0.15) is 6.61 Å². The summed E-state index contributed by atoms with van der Waals surface area (Å²) < 4.78 is 11.1. The molecule has 4 nitrogen and oxygen atoms in total. The van der Waals surface area contributed by atoms with Crippen molar-refractivity contribution in [2.24, 2.45) is 0 Å². The van der Waals surface area contributed by atoms with Gasteiger partial charge in [-0.05, 0) is 42.9 Å². The number of hydrogen-bond acceptors (Lipinski definition) is 3. The molecular formula is C23H29NO3. The quantitative estimate of drug-likeness (QED) is 0.727. The zero-order valence-corrected chi connectivity index (χ0v) is 16.1. The van der Waals surface area contributed by atoms with Crippen molar-refractivity contribution in [2.45, 2.75) is 31.6 Å². The molecule has 2 aromatic rings. The normalized spacial score (nSPS) is 16.0. The lowest BCUT2D eigenvalue weighted by atomic mass is 9.72. The number of benzene rings is 2. The summed E-state index contributed by atoms with van der Waals surface area (Å²) in [6.45, 7) is 4.89. The van der Waals surface area contributed by atoms with E-state index in [2.05, 4.69) is 48.6 Å². The van der Waals surface area contributed by atoms with Gasteiger partial charge in [-0.25, -0.2) is 0 Å². The molecule has 0 aliphatic carbocycles. The van der Waals surface area contributed by atoms with Crippen LogP contribution in [0.25, 0.3) is 0 Å². The molecule has 4 heteroatoms. The third-order valence-electron chi connectivity index (χ3n) is 5.40. The first-order chi connectivity index (χ1) is 13.2. The minimum Gasteiger partial charge on any atom is -0.381 e. The highest BCUT2D eigenvalue weighted by atomic mass is 16.5. The molecule has 1 saturated heterocycles. The van der Waals surface area contributed by atoms with E-state index in [1.54, 1.807) is 0 Å². The minimum absolute atomic E-state index is 0.0523. The second-order valence-electron chi connectivity index (χ2n) is 7.27. The topological polar surface area (TPSA) is 47.6 Å². The zero-order valence-electron chi connectivity index (χ0n) is 16.1. The third-order valence-corrected chi connectivity index (χ3v) is 5.40. The van der Waals surface area contributed by atoms with E-state index in [0.717, 1.165) is 32.5 Å². The first kappa shape index (κ1) is 19.6. The van der Waals surface area contributed by atoms with Crippen molar-refractivity contribution in [1.29, 1.82) is 0 Å². The molecule has 2 aromatic carbocycles. The lowest BCUT2D eigenvalue weighted by molar-refractivity contribution is -0.126. The van der Waals surface area contributed by atoms with E-state index in [0.29, 0.717) is 13.2 Å². The molecule has 0 aromatic heterocycles. The first-order valence-electron chi connectivity index (χ1n) is 9.72. The largest absolute Gasteiger partial charge is 0.381 e. The van der Waals surface area contributed by atoms with Crippen LogP contribution in [0.15, 0.2) is 54.6 Å². The number of nitrogens with one attached hydrogen (secondary N) is 1. The highest BCUT2D eigenvalue weighted by Crippen LogP contribution is 2.36. The van der Waals surface area contributed by atoms with E-state index >= 15 is 0 Å². The van der Waals surface area contributed by atoms with Gasteiger partial charge in [-0.3, -0.25) is 4.79 Å². The van der Waals surface area contributed by atoms with Crippen LogP contribution in [0, 0.1) is 6.92 Å². The molecule has 1 aliphatic heterocycles. The van der Waals surface area contributed by atoms with Gasteiger partial charge in [0.15, 0.2) is 0 Å². The Morgan fingerprint density at radius 1 is 1.07 bits per heavy atom. The fraction of sp³-hybridized carbons (Fsp3) is 0.435. The SMILES string of the molecule is Cc1ccccc1C1(CNC(=O)COCCc2ccccc2)CCOCC1. The molecule has 0 unspecified atom stereocenters. The molecule has 1 aliphatic rings. The molecule has 3 rings (SSSR count). The highest BCUT2D eigenvalue weighted by Gasteiger charge is 2.35. The summed E-state index contributed by atoms with van der Waals surface area (Å²) in [4.78, 5) is 12.3. The van der Waals surface area contributed by atoms with Crippen LogP contribution in [0.3, 0.4) is 0 Å². The smallest absolute Gasteiger partial charge is 0.246 e. The summed E-state index contributed by atoms with van der Waals surface area (Å²) >= 11 is 0. The van der Waals surface area contributed by atoms with E-state index in [-0.39, 0.29) is 17.9 Å². The summed E-state index contributed by atoms with van der Waals surface area (Å²) in [5.41, 5.74) is 3.76. The Morgan fingerprint density at radius 2 is 1.78 bits per heavy atom. The van der Waals surface area contributed by atoms with Crippen LogP contribution in [-0.2, 0) is 26.1 Å². The highest BCUT2D eigenvalue weighted by molar-refractivity contribution is 5.77. The summed E-state index contributed by atoms with van der Waals surface area (Å²) in [7, 11) is 0. The zero-order chi connectivity index (χ0) is 19.0. The van der Waals surface area contributed by atoms with Gasteiger partial charge in [-0.15, -0.1) is 0 Å². The standard InChI is InChI=1S/C23H29NO3/c1-19-7-5-6-10-21(19)23(12-15-26-16-13-23)18-24-22(25)17-27-14-11-20-8-3-2-4-9-20/h2-10H,11-18H2,1H3,(H,24,25). The number of amides is 1. The Kier molecular flexibility index (Phi) is 7.02.